The predicted octanol–water partition coefficient (Wildman–Crippen LogP) is 3.10. The zero-order valence-corrected chi connectivity index (χ0v) is 13.6. The van der Waals surface area contributed by atoms with Crippen molar-refractivity contribution >= 4 is 27.5 Å². The van der Waals surface area contributed by atoms with Crippen LogP contribution in [0.2, 0.25) is 0 Å². The van der Waals surface area contributed by atoms with E-state index in [2.05, 4.69) is 10.1 Å². The van der Waals surface area contributed by atoms with Crippen molar-refractivity contribution in [2.24, 2.45) is 0 Å². The maximum atomic E-state index is 12.4. The number of nitrogens with zero attached hydrogens (tertiary/aromatic N) is 3. The Kier molecular flexibility index (Phi) is 3.94. The van der Waals surface area contributed by atoms with Crippen molar-refractivity contribution in [1.82, 2.24) is 15.0 Å². The Morgan fingerprint density at radius 1 is 1.32 bits per heavy atom. The SMILES string of the molecule is Cc1noc(C)c1CC(=O)N(C)Cc1nc2ccccc2s1. The topological polar surface area (TPSA) is 59.2 Å². The Bertz CT molecular complexity index is 769. The minimum absolute atomic E-state index is 0.0358. The molecule has 0 atom stereocenters. The number of thiazole rings is 1. The molecule has 0 saturated carbocycles. The van der Waals surface area contributed by atoms with E-state index in [1.54, 1.807) is 23.3 Å². The highest BCUT2D eigenvalue weighted by molar-refractivity contribution is 7.18. The number of benzene rings is 1. The van der Waals surface area contributed by atoms with Crippen LogP contribution in [-0.2, 0) is 17.8 Å². The number of aromatic nitrogens is 2. The predicted molar refractivity (Wildman–Crippen MR) is 85.8 cm³/mol. The average molecular weight is 315 g/mol. The maximum Gasteiger partial charge on any atom is 0.227 e. The van der Waals surface area contributed by atoms with Crippen molar-refractivity contribution < 1.29 is 9.32 Å². The van der Waals surface area contributed by atoms with Gasteiger partial charge in [0.15, 0.2) is 0 Å². The van der Waals surface area contributed by atoms with Gasteiger partial charge in [0.2, 0.25) is 5.91 Å². The minimum Gasteiger partial charge on any atom is -0.361 e. The zero-order valence-electron chi connectivity index (χ0n) is 12.8. The summed E-state index contributed by atoms with van der Waals surface area (Å²) in [6.07, 6.45) is 0.308. The van der Waals surface area contributed by atoms with E-state index in [0.29, 0.717) is 18.7 Å². The number of amides is 1. The summed E-state index contributed by atoms with van der Waals surface area (Å²) in [5.41, 5.74) is 2.63. The molecule has 0 aliphatic heterocycles. The molecule has 5 nitrogen and oxygen atoms in total. The number of aryl methyl sites for hydroxylation is 2. The van der Waals surface area contributed by atoms with Crippen LogP contribution in [0.1, 0.15) is 22.0 Å². The first kappa shape index (κ1) is 14.7. The van der Waals surface area contributed by atoms with E-state index in [0.717, 1.165) is 26.5 Å². The molecule has 3 rings (SSSR count). The lowest BCUT2D eigenvalue weighted by molar-refractivity contribution is -0.129. The number of carbonyl (C=O) groups excluding carboxylic acids is 1. The van der Waals surface area contributed by atoms with Crippen LogP contribution in [0.3, 0.4) is 0 Å². The van der Waals surface area contributed by atoms with Gasteiger partial charge in [-0.3, -0.25) is 4.79 Å². The van der Waals surface area contributed by atoms with E-state index < -0.39 is 0 Å². The highest BCUT2D eigenvalue weighted by atomic mass is 32.1. The van der Waals surface area contributed by atoms with Crippen LogP contribution in [0.4, 0.5) is 0 Å². The summed E-state index contributed by atoms with van der Waals surface area (Å²) in [5, 5.41) is 4.83. The summed E-state index contributed by atoms with van der Waals surface area (Å²) in [5.74, 6) is 0.743. The first-order chi connectivity index (χ1) is 10.5. The smallest absolute Gasteiger partial charge is 0.227 e. The monoisotopic (exact) mass is 315 g/mol. The lowest BCUT2D eigenvalue weighted by Crippen LogP contribution is -2.27. The highest BCUT2D eigenvalue weighted by Crippen LogP contribution is 2.22. The molecule has 3 aromatic rings. The third-order valence-corrected chi connectivity index (χ3v) is 4.67. The zero-order chi connectivity index (χ0) is 15.7. The van der Waals surface area contributed by atoms with Crippen molar-refractivity contribution in [3.63, 3.8) is 0 Å². The molecule has 0 spiro atoms. The molecule has 0 N–H and O–H groups in total. The standard InChI is InChI=1S/C16H17N3O2S/c1-10-12(11(2)21-18-10)8-16(20)19(3)9-15-17-13-6-4-5-7-14(13)22-15/h4-7H,8-9H2,1-3H3. The second-order valence-electron chi connectivity index (χ2n) is 5.30. The van der Waals surface area contributed by atoms with Gasteiger partial charge in [0.25, 0.3) is 0 Å². The largest absolute Gasteiger partial charge is 0.361 e. The van der Waals surface area contributed by atoms with Crippen LogP contribution in [0.25, 0.3) is 10.2 Å². The van der Waals surface area contributed by atoms with Gasteiger partial charge in [0.1, 0.15) is 10.8 Å². The van der Waals surface area contributed by atoms with Crippen LogP contribution < -0.4 is 0 Å². The summed E-state index contributed by atoms with van der Waals surface area (Å²) in [7, 11) is 1.80. The quantitative estimate of drug-likeness (QED) is 0.742. The normalized spacial score (nSPS) is 11.0. The fourth-order valence-electron chi connectivity index (χ4n) is 2.32. The van der Waals surface area contributed by atoms with Crippen molar-refractivity contribution in [1.29, 1.82) is 0 Å². The van der Waals surface area contributed by atoms with Gasteiger partial charge in [0, 0.05) is 12.6 Å². The fourth-order valence-corrected chi connectivity index (χ4v) is 3.34. The van der Waals surface area contributed by atoms with E-state index in [1.807, 2.05) is 38.1 Å². The molecule has 22 heavy (non-hydrogen) atoms. The maximum absolute atomic E-state index is 12.4. The Balaban J connectivity index is 1.71. The van der Waals surface area contributed by atoms with Gasteiger partial charge in [-0.25, -0.2) is 4.98 Å². The minimum atomic E-state index is 0.0358. The number of para-hydroxylation sites is 1. The molecule has 2 heterocycles. The Morgan fingerprint density at radius 3 is 2.77 bits per heavy atom. The molecule has 0 bridgehead atoms. The second-order valence-corrected chi connectivity index (χ2v) is 6.42. The van der Waals surface area contributed by atoms with Gasteiger partial charge in [-0.1, -0.05) is 17.3 Å². The van der Waals surface area contributed by atoms with Crippen LogP contribution in [0.15, 0.2) is 28.8 Å². The number of carbonyl (C=O) groups is 1. The number of hydrogen-bond donors (Lipinski definition) is 0. The lowest BCUT2D eigenvalue weighted by atomic mass is 10.1. The van der Waals surface area contributed by atoms with Gasteiger partial charge >= 0.3 is 0 Å². The van der Waals surface area contributed by atoms with Gasteiger partial charge in [0.05, 0.1) is 28.9 Å². The lowest BCUT2D eigenvalue weighted by Gasteiger charge is -2.15. The van der Waals surface area contributed by atoms with Crippen molar-refractivity contribution in [2.45, 2.75) is 26.8 Å². The molecule has 0 aliphatic rings. The van der Waals surface area contributed by atoms with Crippen LogP contribution in [0, 0.1) is 13.8 Å². The number of likely N-dealkylation sites (N-methyl/N-ethyl adjacent to an activating group) is 1. The molecule has 2 aromatic heterocycles. The van der Waals surface area contributed by atoms with Crippen LogP contribution in [-0.4, -0.2) is 28.0 Å². The van der Waals surface area contributed by atoms with E-state index >= 15 is 0 Å². The third kappa shape index (κ3) is 2.87. The van der Waals surface area contributed by atoms with Crippen LogP contribution >= 0.6 is 11.3 Å². The molecular formula is C16H17N3O2S. The molecule has 1 amide bonds. The number of fused-ring (bicyclic) bond motifs is 1. The van der Waals surface area contributed by atoms with Gasteiger partial charge in [-0.15, -0.1) is 11.3 Å². The molecule has 0 aliphatic carbocycles. The first-order valence-corrected chi connectivity index (χ1v) is 7.86. The van der Waals surface area contributed by atoms with Crippen molar-refractivity contribution in [3.8, 4) is 0 Å². The Labute approximate surface area is 132 Å². The first-order valence-electron chi connectivity index (χ1n) is 7.04. The van der Waals surface area contributed by atoms with E-state index in [9.17, 15) is 4.79 Å². The molecule has 1 aromatic carbocycles. The van der Waals surface area contributed by atoms with Crippen LogP contribution in [0.5, 0.6) is 0 Å². The van der Waals surface area contributed by atoms with Gasteiger partial charge in [-0.2, -0.15) is 0 Å². The Morgan fingerprint density at radius 2 is 2.09 bits per heavy atom. The molecule has 114 valence electrons. The van der Waals surface area contributed by atoms with Gasteiger partial charge < -0.3 is 9.42 Å². The van der Waals surface area contributed by atoms with E-state index in [-0.39, 0.29) is 5.91 Å². The second kappa shape index (κ2) is 5.88. The summed E-state index contributed by atoms with van der Waals surface area (Å²) >= 11 is 1.62. The molecule has 0 radical (unpaired) electrons. The van der Waals surface area contributed by atoms with E-state index in [1.165, 1.54) is 0 Å². The fraction of sp³-hybridized carbons (Fsp3) is 0.312. The molecule has 0 saturated heterocycles. The van der Waals surface area contributed by atoms with Crippen molar-refractivity contribution in [2.75, 3.05) is 7.05 Å². The third-order valence-electron chi connectivity index (χ3n) is 3.65. The summed E-state index contributed by atoms with van der Waals surface area (Å²) < 4.78 is 6.25. The number of rotatable bonds is 4. The molecular weight excluding hydrogens is 298 g/mol. The molecule has 6 heteroatoms. The van der Waals surface area contributed by atoms with E-state index in [4.69, 9.17) is 4.52 Å². The Hall–Kier alpha value is -2.21. The number of hydrogen-bond acceptors (Lipinski definition) is 5. The molecule has 0 unspecified atom stereocenters. The summed E-state index contributed by atoms with van der Waals surface area (Å²) in [4.78, 5) is 18.6. The molecule has 0 fully saturated rings. The highest BCUT2D eigenvalue weighted by Gasteiger charge is 2.17. The van der Waals surface area contributed by atoms with Gasteiger partial charge in [-0.05, 0) is 26.0 Å². The summed E-state index contributed by atoms with van der Waals surface area (Å²) in [6.45, 7) is 4.20. The average Bonchev–Trinajstić information content (AvgIpc) is 3.04. The summed E-state index contributed by atoms with van der Waals surface area (Å²) in [6, 6.07) is 8.00. The van der Waals surface area contributed by atoms with Crippen molar-refractivity contribution in [3.05, 3.63) is 46.3 Å².